The summed E-state index contributed by atoms with van der Waals surface area (Å²) < 4.78 is 40.2. The van der Waals surface area contributed by atoms with Crippen LogP contribution in [0.15, 0.2) is 47.5 Å². The summed E-state index contributed by atoms with van der Waals surface area (Å²) in [7, 11) is 0. The van der Waals surface area contributed by atoms with Crippen LogP contribution in [0, 0.1) is 6.92 Å². The maximum Gasteiger partial charge on any atom is 0.573 e. The molecule has 0 aliphatic carbocycles. The number of carbonyl (C=O) groups is 1. The summed E-state index contributed by atoms with van der Waals surface area (Å²) in [5.41, 5.74) is 7.89. The topological polar surface area (TPSA) is 88.7 Å². The number of alkyl halides is 3. The van der Waals surface area contributed by atoms with Crippen LogP contribution in [0.3, 0.4) is 0 Å². The summed E-state index contributed by atoms with van der Waals surface area (Å²) in [5.74, 6) is -0.436. The van der Waals surface area contributed by atoms with Gasteiger partial charge in [-0.15, -0.1) is 13.2 Å². The van der Waals surface area contributed by atoms with Gasteiger partial charge >= 0.3 is 6.36 Å². The molecule has 6 nitrogen and oxygen atoms in total. The Morgan fingerprint density at radius 2 is 1.90 bits per heavy atom. The number of hydrogen-bond acceptors (Lipinski definition) is 3. The van der Waals surface area contributed by atoms with Gasteiger partial charge in [-0.3, -0.25) is 4.79 Å². The van der Waals surface area contributed by atoms with Crippen molar-refractivity contribution >= 4 is 29.2 Å². The third kappa shape index (κ3) is 8.30. The molecule has 2 aromatic carbocycles. The minimum absolute atomic E-state index is 0.113. The molecule has 2 aromatic rings. The third-order valence-electron chi connectivity index (χ3n) is 3.65. The average Bonchev–Trinajstić information content (AvgIpc) is 2.62. The molecule has 156 valence electrons. The first kappa shape index (κ1) is 22.4. The molecule has 0 unspecified atom stereocenters. The molecule has 0 bridgehead atoms. The highest BCUT2D eigenvalue weighted by Gasteiger charge is 2.30. The van der Waals surface area contributed by atoms with Crippen LogP contribution >= 0.6 is 11.6 Å². The van der Waals surface area contributed by atoms with Crippen molar-refractivity contribution in [1.82, 2.24) is 5.32 Å². The van der Waals surface area contributed by atoms with Crippen molar-refractivity contribution in [1.29, 1.82) is 0 Å². The highest BCUT2D eigenvalue weighted by atomic mass is 35.5. The number of carbonyl (C=O) groups excluding carboxylic acids is 1. The summed E-state index contributed by atoms with van der Waals surface area (Å²) in [5, 5.41) is 5.96. The fraction of sp³-hybridized carbons (Fsp3) is 0.263. The number of aliphatic imine (C=N–C) groups is 1. The Bertz CT molecular complexity index is 871. The molecule has 0 atom stereocenters. The lowest BCUT2D eigenvalue weighted by Gasteiger charge is -2.09. The van der Waals surface area contributed by atoms with E-state index in [-0.39, 0.29) is 37.1 Å². The second-order valence-electron chi connectivity index (χ2n) is 6.10. The zero-order valence-electron chi connectivity index (χ0n) is 15.5. The first-order chi connectivity index (χ1) is 13.6. The number of nitrogens with zero attached hydrogens (tertiary/aromatic N) is 1. The zero-order valence-corrected chi connectivity index (χ0v) is 16.3. The van der Waals surface area contributed by atoms with E-state index in [1.165, 1.54) is 24.3 Å². The van der Waals surface area contributed by atoms with Gasteiger partial charge in [0, 0.05) is 13.0 Å². The van der Waals surface area contributed by atoms with Crippen molar-refractivity contribution in [3.63, 3.8) is 0 Å². The first-order valence-electron chi connectivity index (χ1n) is 8.57. The lowest BCUT2D eigenvalue weighted by Crippen LogP contribution is -2.34. The molecule has 10 heteroatoms. The van der Waals surface area contributed by atoms with Gasteiger partial charge in [0.15, 0.2) is 5.96 Å². The minimum atomic E-state index is -4.73. The highest BCUT2D eigenvalue weighted by Crippen LogP contribution is 2.23. The van der Waals surface area contributed by atoms with Crippen molar-refractivity contribution in [2.24, 2.45) is 10.7 Å². The number of halogens is 4. The number of ether oxygens (including phenoxy) is 1. The maximum absolute atomic E-state index is 12.1. The van der Waals surface area contributed by atoms with Crippen LogP contribution < -0.4 is 21.1 Å². The Labute approximate surface area is 170 Å². The number of benzene rings is 2. The van der Waals surface area contributed by atoms with E-state index in [2.05, 4.69) is 20.4 Å². The average molecular weight is 429 g/mol. The van der Waals surface area contributed by atoms with Crippen LogP contribution in [-0.2, 0) is 11.3 Å². The molecule has 0 aliphatic rings. The second-order valence-corrected chi connectivity index (χ2v) is 6.51. The van der Waals surface area contributed by atoms with E-state index in [4.69, 9.17) is 17.3 Å². The van der Waals surface area contributed by atoms with Crippen molar-refractivity contribution in [2.75, 3.05) is 11.9 Å². The monoisotopic (exact) mass is 428 g/mol. The van der Waals surface area contributed by atoms with Gasteiger partial charge in [-0.1, -0.05) is 29.8 Å². The van der Waals surface area contributed by atoms with Crippen molar-refractivity contribution < 1.29 is 22.7 Å². The van der Waals surface area contributed by atoms with Gasteiger partial charge in [-0.2, -0.15) is 0 Å². The van der Waals surface area contributed by atoms with Gasteiger partial charge in [0.1, 0.15) is 5.75 Å². The lowest BCUT2D eigenvalue weighted by atomic mass is 10.2. The quantitative estimate of drug-likeness (QED) is 0.459. The van der Waals surface area contributed by atoms with Crippen LogP contribution in [0.25, 0.3) is 0 Å². The Balaban J connectivity index is 1.75. The lowest BCUT2D eigenvalue weighted by molar-refractivity contribution is -0.274. The van der Waals surface area contributed by atoms with Crippen molar-refractivity contribution in [3.05, 3.63) is 58.6 Å². The maximum atomic E-state index is 12.1. The summed E-state index contributed by atoms with van der Waals surface area (Å²) in [4.78, 5) is 16.0. The molecule has 29 heavy (non-hydrogen) atoms. The Morgan fingerprint density at radius 1 is 1.21 bits per heavy atom. The van der Waals surface area contributed by atoms with Gasteiger partial charge in [-0.05, 0) is 42.3 Å². The number of nitrogens with two attached hydrogens (primary N) is 1. The predicted molar refractivity (Wildman–Crippen MR) is 106 cm³/mol. The molecule has 0 aromatic heterocycles. The van der Waals surface area contributed by atoms with E-state index in [1.807, 2.05) is 13.0 Å². The number of nitrogens with one attached hydrogen (secondary N) is 2. The Kier molecular flexibility index (Phi) is 7.72. The van der Waals surface area contributed by atoms with E-state index in [0.717, 1.165) is 5.56 Å². The smallest absolute Gasteiger partial charge is 0.406 e. The van der Waals surface area contributed by atoms with Crippen LogP contribution in [0.1, 0.15) is 17.5 Å². The van der Waals surface area contributed by atoms with E-state index >= 15 is 0 Å². The molecule has 0 aliphatic heterocycles. The van der Waals surface area contributed by atoms with Crippen LogP contribution in [-0.4, -0.2) is 24.8 Å². The molecule has 0 heterocycles. The minimum Gasteiger partial charge on any atom is -0.406 e. The fourth-order valence-corrected chi connectivity index (χ4v) is 2.55. The largest absolute Gasteiger partial charge is 0.573 e. The van der Waals surface area contributed by atoms with Gasteiger partial charge in [0.25, 0.3) is 0 Å². The summed E-state index contributed by atoms with van der Waals surface area (Å²) >= 11 is 6.07. The zero-order chi connectivity index (χ0) is 21.4. The van der Waals surface area contributed by atoms with E-state index in [1.54, 1.807) is 12.1 Å². The normalized spacial score (nSPS) is 11.8. The standard InChI is InChI=1S/C19H20ClF3N4O2/c1-12-2-7-16(15(20)10-12)27-17(28)8-9-25-18(24)26-11-13-3-5-14(6-4-13)29-19(21,22)23/h2-7,10H,8-9,11H2,1H3,(H,27,28)(H3,24,25,26). The second kappa shape index (κ2) is 10.0. The summed E-state index contributed by atoms with van der Waals surface area (Å²) in [6, 6.07) is 10.6. The summed E-state index contributed by atoms with van der Waals surface area (Å²) in [6.07, 6.45) is -4.59. The van der Waals surface area contributed by atoms with E-state index in [9.17, 15) is 18.0 Å². The molecule has 0 radical (unpaired) electrons. The SMILES string of the molecule is Cc1ccc(NC(=O)CCNC(N)=NCc2ccc(OC(F)(F)F)cc2)c(Cl)c1. The fourth-order valence-electron chi connectivity index (χ4n) is 2.27. The number of anilines is 1. The third-order valence-corrected chi connectivity index (χ3v) is 3.96. The van der Waals surface area contributed by atoms with Gasteiger partial charge in [0.2, 0.25) is 5.91 Å². The van der Waals surface area contributed by atoms with Gasteiger partial charge < -0.3 is 21.1 Å². The molecular weight excluding hydrogens is 409 g/mol. The van der Waals surface area contributed by atoms with E-state index < -0.39 is 6.36 Å². The molecule has 0 spiro atoms. The highest BCUT2D eigenvalue weighted by molar-refractivity contribution is 6.33. The van der Waals surface area contributed by atoms with Gasteiger partial charge in [-0.25, -0.2) is 4.99 Å². The molecule has 0 saturated carbocycles. The first-order valence-corrected chi connectivity index (χ1v) is 8.94. The molecule has 2 rings (SSSR count). The van der Waals surface area contributed by atoms with Crippen molar-refractivity contribution in [3.8, 4) is 5.75 Å². The summed E-state index contributed by atoms with van der Waals surface area (Å²) in [6.45, 7) is 2.31. The number of amides is 1. The van der Waals surface area contributed by atoms with Crippen LogP contribution in [0.5, 0.6) is 5.75 Å². The predicted octanol–water partition coefficient (Wildman–Crippen LogP) is 3.98. The van der Waals surface area contributed by atoms with E-state index in [0.29, 0.717) is 16.3 Å². The molecule has 0 fully saturated rings. The number of aryl methyl sites for hydroxylation is 1. The Morgan fingerprint density at radius 3 is 2.52 bits per heavy atom. The molecule has 1 amide bonds. The van der Waals surface area contributed by atoms with Crippen LogP contribution in [0.4, 0.5) is 18.9 Å². The molecule has 4 N–H and O–H groups in total. The molecular formula is C19H20ClF3N4O2. The van der Waals surface area contributed by atoms with Gasteiger partial charge in [0.05, 0.1) is 17.3 Å². The number of guanidine groups is 1. The van der Waals surface area contributed by atoms with Crippen LogP contribution in [0.2, 0.25) is 5.02 Å². The number of hydrogen-bond donors (Lipinski definition) is 3. The van der Waals surface area contributed by atoms with Crippen molar-refractivity contribution in [2.45, 2.75) is 26.3 Å². The number of rotatable bonds is 7. The molecule has 0 saturated heterocycles. The Hall–Kier alpha value is -2.94.